The number of aromatic hydroxyl groups is 1. The molecule has 0 saturated carbocycles. The van der Waals surface area contributed by atoms with Crippen LogP contribution in [0, 0.1) is 6.92 Å². The fourth-order valence-corrected chi connectivity index (χ4v) is 2.67. The quantitative estimate of drug-likeness (QED) is 0.787. The zero-order chi connectivity index (χ0) is 15.6. The Labute approximate surface area is 135 Å². The summed E-state index contributed by atoms with van der Waals surface area (Å²) in [6.45, 7) is 6.04. The predicted molar refractivity (Wildman–Crippen MR) is 89.3 cm³/mol. The smallest absolute Gasteiger partial charge is 0.120 e. The standard InChI is InChI=1S/C17H19Cl2NO/c1-10-4-6-14(17(21)8-10)12(3)20-11(2)13-5-7-15(18)16(19)9-13/h4-9,11-12,20-21H,1-3H3. The molecule has 0 radical (unpaired) electrons. The van der Waals surface area contributed by atoms with Gasteiger partial charge in [-0.2, -0.15) is 0 Å². The third-order valence-corrected chi connectivity index (χ3v) is 4.34. The lowest BCUT2D eigenvalue weighted by Crippen LogP contribution is -2.22. The van der Waals surface area contributed by atoms with Crippen LogP contribution in [0.5, 0.6) is 5.75 Å². The van der Waals surface area contributed by atoms with E-state index in [4.69, 9.17) is 23.2 Å². The second kappa shape index (κ2) is 6.69. The van der Waals surface area contributed by atoms with E-state index >= 15 is 0 Å². The van der Waals surface area contributed by atoms with Crippen molar-refractivity contribution in [2.75, 3.05) is 0 Å². The van der Waals surface area contributed by atoms with Crippen molar-refractivity contribution in [2.24, 2.45) is 0 Å². The summed E-state index contributed by atoms with van der Waals surface area (Å²) in [5.74, 6) is 0.316. The molecule has 0 spiro atoms. The lowest BCUT2D eigenvalue weighted by atomic mass is 10.0. The summed E-state index contributed by atoms with van der Waals surface area (Å²) in [5.41, 5.74) is 2.98. The first-order valence-electron chi connectivity index (χ1n) is 6.89. The molecule has 0 heterocycles. The van der Waals surface area contributed by atoms with Gasteiger partial charge in [0, 0.05) is 17.6 Å². The van der Waals surface area contributed by atoms with Crippen LogP contribution < -0.4 is 5.32 Å². The molecule has 2 unspecified atom stereocenters. The molecule has 0 bridgehead atoms. The van der Waals surface area contributed by atoms with Crippen molar-refractivity contribution in [1.82, 2.24) is 5.32 Å². The monoisotopic (exact) mass is 323 g/mol. The summed E-state index contributed by atoms with van der Waals surface area (Å²) in [6, 6.07) is 11.5. The Morgan fingerprint density at radius 1 is 0.952 bits per heavy atom. The maximum absolute atomic E-state index is 10.0. The summed E-state index contributed by atoms with van der Waals surface area (Å²) < 4.78 is 0. The van der Waals surface area contributed by atoms with Crippen molar-refractivity contribution in [3.63, 3.8) is 0 Å². The average Bonchev–Trinajstić information content (AvgIpc) is 2.41. The number of hydrogen-bond donors (Lipinski definition) is 2. The number of nitrogens with one attached hydrogen (secondary N) is 1. The van der Waals surface area contributed by atoms with Crippen molar-refractivity contribution in [3.8, 4) is 5.75 Å². The van der Waals surface area contributed by atoms with Gasteiger partial charge in [-0.25, -0.2) is 0 Å². The molecule has 0 saturated heterocycles. The Morgan fingerprint density at radius 3 is 2.29 bits per heavy atom. The lowest BCUT2D eigenvalue weighted by molar-refractivity contribution is 0.438. The summed E-state index contributed by atoms with van der Waals surface area (Å²) in [4.78, 5) is 0. The fourth-order valence-electron chi connectivity index (χ4n) is 2.36. The highest BCUT2D eigenvalue weighted by Crippen LogP contribution is 2.29. The number of hydrogen-bond acceptors (Lipinski definition) is 2. The molecule has 0 aliphatic rings. The van der Waals surface area contributed by atoms with Gasteiger partial charge in [-0.05, 0) is 50.1 Å². The zero-order valence-electron chi connectivity index (χ0n) is 12.3. The van der Waals surface area contributed by atoms with Crippen LogP contribution in [0.4, 0.5) is 0 Å². The minimum absolute atomic E-state index is 0.0232. The molecule has 0 aliphatic carbocycles. The van der Waals surface area contributed by atoms with E-state index in [9.17, 15) is 5.11 Å². The highest BCUT2D eigenvalue weighted by Gasteiger charge is 2.15. The van der Waals surface area contributed by atoms with Crippen LogP contribution in [-0.2, 0) is 0 Å². The van der Waals surface area contributed by atoms with Crippen molar-refractivity contribution in [3.05, 3.63) is 63.1 Å². The molecule has 2 aromatic carbocycles. The largest absolute Gasteiger partial charge is 0.508 e. The van der Waals surface area contributed by atoms with E-state index in [2.05, 4.69) is 12.2 Å². The van der Waals surface area contributed by atoms with Gasteiger partial charge in [0.05, 0.1) is 10.0 Å². The Morgan fingerprint density at radius 2 is 1.67 bits per heavy atom. The third-order valence-electron chi connectivity index (χ3n) is 3.60. The average molecular weight is 324 g/mol. The van der Waals surface area contributed by atoms with E-state index in [0.717, 1.165) is 16.7 Å². The molecule has 4 heteroatoms. The van der Waals surface area contributed by atoms with Crippen molar-refractivity contribution < 1.29 is 5.11 Å². The van der Waals surface area contributed by atoms with Crippen LogP contribution in [0.3, 0.4) is 0 Å². The van der Waals surface area contributed by atoms with Gasteiger partial charge >= 0.3 is 0 Å². The molecule has 0 aliphatic heterocycles. The van der Waals surface area contributed by atoms with Gasteiger partial charge in [0.2, 0.25) is 0 Å². The minimum atomic E-state index is 0.0232. The fraction of sp³-hybridized carbons (Fsp3) is 0.294. The Balaban J connectivity index is 2.14. The summed E-state index contributed by atoms with van der Waals surface area (Å²) in [5, 5.41) is 14.6. The first-order chi connectivity index (χ1) is 9.88. The molecule has 21 heavy (non-hydrogen) atoms. The molecule has 2 nitrogen and oxygen atoms in total. The van der Waals surface area contributed by atoms with Crippen LogP contribution in [0.15, 0.2) is 36.4 Å². The van der Waals surface area contributed by atoms with Crippen LogP contribution >= 0.6 is 23.2 Å². The van der Waals surface area contributed by atoms with E-state index in [1.165, 1.54) is 0 Å². The molecule has 0 aromatic heterocycles. The van der Waals surface area contributed by atoms with E-state index in [1.54, 1.807) is 12.1 Å². The SMILES string of the molecule is Cc1ccc(C(C)NC(C)c2ccc(Cl)c(Cl)c2)c(O)c1. The van der Waals surface area contributed by atoms with Crippen LogP contribution in [-0.4, -0.2) is 5.11 Å². The number of benzene rings is 2. The first-order valence-corrected chi connectivity index (χ1v) is 7.64. The first kappa shape index (κ1) is 16.2. The Bertz CT molecular complexity index is 643. The second-order valence-electron chi connectivity index (χ2n) is 5.35. The predicted octanol–water partition coefficient (Wildman–Crippen LogP) is 5.42. The van der Waals surface area contributed by atoms with E-state index in [1.807, 2.05) is 38.1 Å². The van der Waals surface area contributed by atoms with Gasteiger partial charge in [0.25, 0.3) is 0 Å². The van der Waals surface area contributed by atoms with Crippen molar-refractivity contribution >= 4 is 23.2 Å². The van der Waals surface area contributed by atoms with Crippen molar-refractivity contribution in [2.45, 2.75) is 32.9 Å². The normalized spacial score (nSPS) is 14.0. The molecule has 0 amide bonds. The third kappa shape index (κ3) is 3.91. The molecule has 2 rings (SSSR count). The maximum atomic E-state index is 10.0. The second-order valence-corrected chi connectivity index (χ2v) is 6.16. The topological polar surface area (TPSA) is 32.3 Å². The molecule has 2 atom stereocenters. The number of phenolic OH excluding ortho intramolecular Hbond substituents is 1. The summed E-state index contributed by atoms with van der Waals surface area (Å²) in [7, 11) is 0. The molecule has 2 N–H and O–H groups in total. The zero-order valence-corrected chi connectivity index (χ0v) is 13.8. The van der Waals surface area contributed by atoms with E-state index < -0.39 is 0 Å². The molecular formula is C17H19Cl2NO. The van der Waals surface area contributed by atoms with Crippen molar-refractivity contribution in [1.29, 1.82) is 0 Å². The number of aryl methyl sites for hydroxylation is 1. The number of rotatable bonds is 4. The highest BCUT2D eigenvalue weighted by molar-refractivity contribution is 6.42. The lowest BCUT2D eigenvalue weighted by Gasteiger charge is -2.22. The van der Waals surface area contributed by atoms with Gasteiger partial charge in [-0.3, -0.25) is 0 Å². The van der Waals surface area contributed by atoms with Gasteiger partial charge in [0.1, 0.15) is 5.75 Å². The molecule has 2 aromatic rings. The molecule has 0 fully saturated rings. The minimum Gasteiger partial charge on any atom is -0.508 e. The Kier molecular flexibility index (Phi) is 5.15. The van der Waals surface area contributed by atoms with Crippen LogP contribution in [0.25, 0.3) is 0 Å². The molecule has 112 valence electrons. The van der Waals surface area contributed by atoms with Gasteiger partial charge in [-0.1, -0.05) is 41.4 Å². The molecular weight excluding hydrogens is 305 g/mol. The maximum Gasteiger partial charge on any atom is 0.120 e. The van der Waals surface area contributed by atoms with E-state index in [0.29, 0.717) is 15.8 Å². The van der Waals surface area contributed by atoms with Gasteiger partial charge in [0.15, 0.2) is 0 Å². The Hall–Kier alpha value is -1.22. The van der Waals surface area contributed by atoms with Crippen LogP contribution in [0.1, 0.15) is 42.6 Å². The highest BCUT2D eigenvalue weighted by atomic mass is 35.5. The number of phenols is 1. The number of halogens is 2. The van der Waals surface area contributed by atoms with Crippen LogP contribution in [0.2, 0.25) is 10.0 Å². The van der Waals surface area contributed by atoms with Gasteiger partial charge < -0.3 is 10.4 Å². The van der Waals surface area contributed by atoms with E-state index in [-0.39, 0.29) is 12.1 Å². The summed E-state index contributed by atoms with van der Waals surface area (Å²) in [6.07, 6.45) is 0. The van der Waals surface area contributed by atoms with Gasteiger partial charge in [-0.15, -0.1) is 0 Å². The summed E-state index contributed by atoms with van der Waals surface area (Å²) >= 11 is 12.0.